The van der Waals surface area contributed by atoms with Crippen LogP contribution in [-0.2, 0) is 10.2 Å². The van der Waals surface area contributed by atoms with Crippen LogP contribution in [0.3, 0.4) is 0 Å². The number of hydrogen-bond donors (Lipinski definition) is 1. The number of benzene rings is 1. The lowest BCUT2D eigenvalue weighted by Crippen LogP contribution is -2.49. The van der Waals surface area contributed by atoms with Crippen LogP contribution < -0.4 is 0 Å². The molecule has 108 valence electrons. The lowest BCUT2D eigenvalue weighted by Gasteiger charge is -2.37. The van der Waals surface area contributed by atoms with E-state index in [-0.39, 0.29) is 12.5 Å². The number of ether oxygens (including phenoxy) is 1. The maximum atomic E-state index is 13.4. The van der Waals surface area contributed by atoms with Crippen molar-refractivity contribution in [2.45, 2.75) is 24.5 Å². The lowest BCUT2D eigenvalue weighted by atomic mass is 9.88. The van der Waals surface area contributed by atoms with Gasteiger partial charge < -0.3 is 9.84 Å². The average molecular weight is 283 g/mol. The molecule has 2 aliphatic rings. The number of hydrogen-bond acceptors (Lipinski definition) is 2. The fourth-order valence-electron chi connectivity index (χ4n) is 3.36. The van der Waals surface area contributed by atoms with Gasteiger partial charge in [0.2, 0.25) is 0 Å². The Hall–Kier alpha value is -1.69. The lowest BCUT2D eigenvalue weighted by molar-refractivity contribution is -0.0487. The van der Waals surface area contributed by atoms with Crippen LogP contribution in [0.25, 0.3) is 0 Å². The van der Waals surface area contributed by atoms with Crippen molar-refractivity contribution >= 4 is 6.09 Å². The zero-order valence-electron chi connectivity index (χ0n) is 11.0. The molecule has 3 rings (SSSR count). The minimum atomic E-state index is -1.07. The molecular weight excluding hydrogens is 268 g/mol. The zero-order valence-corrected chi connectivity index (χ0v) is 11.0. The summed E-state index contributed by atoms with van der Waals surface area (Å²) in [6.45, 7) is 0.217. The smallest absolute Gasteiger partial charge is 0.409 e. The second-order valence-electron chi connectivity index (χ2n) is 5.55. The van der Waals surface area contributed by atoms with Crippen molar-refractivity contribution in [3.05, 3.63) is 35.4 Å². The predicted octanol–water partition coefficient (Wildman–Crippen LogP) is 2.58. The van der Waals surface area contributed by atoms with Gasteiger partial charge in [0.15, 0.2) is 0 Å². The Morgan fingerprint density at radius 1 is 1.40 bits per heavy atom. The first kappa shape index (κ1) is 13.3. The van der Waals surface area contributed by atoms with Crippen LogP contribution in [-0.4, -0.2) is 36.0 Å². The van der Waals surface area contributed by atoms with Crippen molar-refractivity contribution < 1.29 is 23.4 Å². The van der Waals surface area contributed by atoms with Gasteiger partial charge in [-0.2, -0.15) is 0 Å². The van der Waals surface area contributed by atoms with Gasteiger partial charge >= 0.3 is 6.09 Å². The number of carbonyl (C=O) groups is 1. The highest BCUT2D eigenvalue weighted by molar-refractivity contribution is 5.66. The number of halogens is 2. The standard InChI is InChI=1S/C14H15F2NO3/c1-20-12-4-9-6-14(9,7-17(12)13(18)19)8-2-10(15)5-11(16)3-8/h2-3,5,9,12H,4,6-7H2,1H3,(H,18,19). The molecule has 4 nitrogen and oxygen atoms in total. The minimum Gasteiger partial charge on any atom is -0.465 e. The average Bonchev–Trinajstić information content (AvgIpc) is 3.10. The van der Waals surface area contributed by atoms with E-state index in [4.69, 9.17) is 4.74 Å². The van der Waals surface area contributed by atoms with Crippen molar-refractivity contribution in [2.24, 2.45) is 5.92 Å². The SMILES string of the molecule is COC1CC2CC2(c2cc(F)cc(F)c2)CN1C(=O)O. The molecule has 2 fully saturated rings. The highest BCUT2D eigenvalue weighted by atomic mass is 19.1. The van der Waals surface area contributed by atoms with E-state index in [1.54, 1.807) is 0 Å². The molecule has 1 saturated heterocycles. The molecule has 0 spiro atoms. The summed E-state index contributed by atoms with van der Waals surface area (Å²) in [4.78, 5) is 12.5. The van der Waals surface area contributed by atoms with Gasteiger partial charge in [-0.1, -0.05) is 0 Å². The summed E-state index contributed by atoms with van der Waals surface area (Å²) in [5, 5.41) is 9.24. The molecule has 1 N–H and O–H groups in total. The molecule has 1 heterocycles. The third-order valence-corrected chi connectivity index (χ3v) is 4.47. The Kier molecular flexibility index (Phi) is 2.93. The summed E-state index contributed by atoms with van der Waals surface area (Å²) in [7, 11) is 1.47. The maximum Gasteiger partial charge on any atom is 0.409 e. The number of nitrogens with zero attached hydrogens (tertiary/aromatic N) is 1. The fraction of sp³-hybridized carbons (Fsp3) is 0.500. The summed E-state index contributed by atoms with van der Waals surface area (Å²) in [5.41, 5.74) is 0.0805. The van der Waals surface area contributed by atoms with E-state index in [0.717, 1.165) is 12.5 Å². The van der Waals surface area contributed by atoms with Gasteiger partial charge in [0.1, 0.15) is 17.9 Å². The quantitative estimate of drug-likeness (QED) is 0.907. The Labute approximate surface area is 114 Å². The van der Waals surface area contributed by atoms with Gasteiger partial charge in [0.05, 0.1) is 0 Å². The second-order valence-corrected chi connectivity index (χ2v) is 5.55. The monoisotopic (exact) mass is 283 g/mol. The summed E-state index contributed by atoms with van der Waals surface area (Å²) in [6.07, 6.45) is -0.259. The molecular formula is C14H15F2NO3. The zero-order chi connectivity index (χ0) is 14.5. The largest absolute Gasteiger partial charge is 0.465 e. The predicted molar refractivity (Wildman–Crippen MR) is 66.3 cm³/mol. The molecule has 0 aromatic heterocycles. The number of amides is 1. The molecule has 6 heteroatoms. The summed E-state index contributed by atoms with van der Waals surface area (Å²) in [6, 6.07) is 3.43. The van der Waals surface area contributed by atoms with E-state index in [1.807, 2.05) is 0 Å². The van der Waals surface area contributed by atoms with Crippen molar-refractivity contribution in [3.8, 4) is 0 Å². The molecule has 1 amide bonds. The van der Waals surface area contributed by atoms with E-state index >= 15 is 0 Å². The number of likely N-dealkylation sites (tertiary alicyclic amines) is 1. The van der Waals surface area contributed by atoms with E-state index in [2.05, 4.69) is 0 Å². The van der Waals surface area contributed by atoms with Crippen molar-refractivity contribution in [3.63, 3.8) is 0 Å². The van der Waals surface area contributed by atoms with Crippen molar-refractivity contribution in [1.29, 1.82) is 0 Å². The van der Waals surface area contributed by atoms with E-state index in [9.17, 15) is 18.7 Å². The van der Waals surface area contributed by atoms with Gasteiger partial charge in [0, 0.05) is 25.1 Å². The first-order chi connectivity index (χ1) is 9.46. The van der Waals surface area contributed by atoms with Crippen LogP contribution in [0.2, 0.25) is 0 Å². The van der Waals surface area contributed by atoms with Gasteiger partial charge in [-0.05, 0) is 36.5 Å². The molecule has 3 unspecified atom stereocenters. The van der Waals surface area contributed by atoms with E-state index < -0.39 is 29.4 Å². The molecule has 3 atom stereocenters. The second kappa shape index (κ2) is 4.41. The van der Waals surface area contributed by atoms with E-state index in [0.29, 0.717) is 12.0 Å². The van der Waals surface area contributed by atoms with E-state index in [1.165, 1.54) is 24.1 Å². The molecule has 1 aliphatic carbocycles. The van der Waals surface area contributed by atoms with Crippen LogP contribution in [0.1, 0.15) is 18.4 Å². The van der Waals surface area contributed by atoms with Crippen LogP contribution in [0.15, 0.2) is 18.2 Å². The number of rotatable bonds is 2. The van der Waals surface area contributed by atoms with Crippen molar-refractivity contribution in [1.82, 2.24) is 4.90 Å². The van der Waals surface area contributed by atoms with Crippen LogP contribution >= 0.6 is 0 Å². The van der Waals surface area contributed by atoms with Crippen LogP contribution in [0.5, 0.6) is 0 Å². The molecule has 1 aromatic carbocycles. The van der Waals surface area contributed by atoms with Crippen molar-refractivity contribution in [2.75, 3.05) is 13.7 Å². The normalized spacial score (nSPS) is 31.9. The number of fused-ring (bicyclic) bond motifs is 1. The first-order valence-electron chi connectivity index (χ1n) is 6.45. The first-order valence-corrected chi connectivity index (χ1v) is 6.45. The maximum absolute atomic E-state index is 13.4. The van der Waals surface area contributed by atoms with Gasteiger partial charge in [0.25, 0.3) is 0 Å². The summed E-state index contributed by atoms with van der Waals surface area (Å²) >= 11 is 0. The molecule has 1 aliphatic heterocycles. The highest BCUT2D eigenvalue weighted by Gasteiger charge is 2.61. The number of methoxy groups -OCH3 is 1. The Bertz CT molecular complexity index is 545. The summed E-state index contributed by atoms with van der Waals surface area (Å²) < 4.78 is 31.9. The van der Waals surface area contributed by atoms with Gasteiger partial charge in [-0.25, -0.2) is 13.6 Å². The number of carboxylic acid groups (broad SMARTS) is 1. The fourth-order valence-corrected chi connectivity index (χ4v) is 3.36. The van der Waals surface area contributed by atoms with Crippen LogP contribution in [0.4, 0.5) is 13.6 Å². The minimum absolute atomic E-state index is 0.212. The Morgan fingerprint density at radius 3 is 2.60 bits per heavy atom. The third kappa shape index (κ3) is 1.95. The molecule has 0 radical (unpaired) electrons. The topological polar surface area (TPSA) is 49.8 Å². The number of piperidine rings is 1. The molecule has 1 aromatic rings. The molecule has 20 heavy (non-hydrogen) atoms. The Balaban J connectivity index is 1.93. The summed E-state index contributed by atoms with van der Waals surface area (Å²) in [5.74, 6) is -1.05. The highest BCUT2D eigenvalue weighted by Crippen LogP contribution is 2.60. The van der Waals surface area contributed by atoms with Gasteiger partial charge in [-0.15, -0.1) is 0 Å². The van der Waals surface area contributed by atoms with Crippen LogP contribution in [0, 0.1) is 17.6 Å². The Morgan fingerprint density at radius 2 is 2.05 bits per heavy atom. The molecule has 1 saturated carbocycles. The third-order valence-electron chi connectivity index (χ3n) is 4.47. The van der Waals surface area contributed by atoms with Gasteiger partial charge in [-0.3, -0.25) is 4.90 Å². The molecule has 0 bridgehead atoms.